The van der Waals surface area contributed by atoms with Gasteiger partial charge in [-0.1, -0.05) is 48.5 Å². The van der Waals surface area contributed by atoms with Gasteiger partial charge < -0.3 is 5.11 Å². The van der Waals surface area contributed by atoms with Crippen LogP contribution in [0.1, 0.15) is 12.5 Å². The molecule has 25 heavy (non-hydrogen) atoms. The largest absolute Gasteiger partial charge is 0.506 e. The molecule has 0 amide bonds. The molecule has 0 bridgehead atoms. The van der Waals surface area contributed by atoms with Gasteiger partial charge >= 0.3 is 0 Å². The van der Waals surface area contributed by atoms with E-state index in [1.807, 2.05) is 55.5 Å². The Kier molecular flexibility index (Phi) is 4.02. The Balaban J connectivity index is 1.85. The van der Waals surface area contributed by atoms with E-state index in [4.69, 9.17) is 12.6 Å². The van der Waals surface area contributed by atoms with Crippen molar-refractivity contribution >= 4 is 56.0 Å². The first-order chi connectivity index (χ1) is 12.1. The van der Waals surface area contributed by atoms with Crippen molar-refractivity contribution in [3.8, 4) is 5.75 Å². The summed E-state index contributed by atoms with van der Waals surface area (Å²) >= 11 is 6.41. The summed E-state index contributed by atoms with van der Waals surface area (Å²) in [5, 5.41) is 12.7. The molecular formula is C21H17NOS2. The molecule has 4 heteroatoms. The van der Waals surface area contributed by atoms with Crippen LogP contribution in [-0.2, 0) is 4.75 Å². The molecule has 3 aromatic carbocycles. The minimum Gasteiger partial charge on any atom is -0.506 e. The molecule has 0 aliphatic carbocycles. The molecule has 1 unspecified atom stereocenters. The minimum absolute atomic E-state index is 0.188. The van der Waals surface area contributed by atoms with Crippen molar-refractivity contribution < 1.29 is 5.11 Å². The van der Waals surface area contributed by atoms with E-state index in [-0.39, 0.29) is 5.75 Å². The van der Waals surface area contributed by atoms with E-state index in [9.17, 15) is 5.11 Å². The first-order valence-corrected chi connectivity index (χ1v) is 9.29. The second-order valence-corrected chi connectivity index (χ2v) is 8.16. The number of nitrogens with zero attached hydrogens (tertiary/aromatic N) is 1. The van der Waals surface area contributed by atoms with Crippen LogP contribution in [0.15, 0.2) is 71.7 Å². The van der Waals surface area contributed by atoms with Gasteiger partial charge in [0.15, 0.2) is 0 Å². The SMILES string of the molecule is CC(S)(C=Nc1c(O)ccc2c1sc1ccccc12)c1ccccc1. The normalized spacial score (nSPS) is 14.3. The number of rotatable bonds is 3. The van der Waals surface area contributed by atoms with E-state index in [1.165, 1.54) is 10.1 Å². The van der Waals surface area contributed by atoms with Crippen LogP contribution in [0, 0.1) is 0 Å². The molecule has 2 nitrogen and oxygen atoms in total. The Labute approximate surface area is 155 Å². The quantitative estimate of drug-likeness (QED) is 0.324. The lowest BCUT2D eigenvalue weighted by molar-refractivity contribution is 0.478. The Morgan fingerprint density at radius 2 is 1.68 bits per heavy atom. The van der Waals surface area contributed by atoms with Crippen LogP contribution in [0.3, 0.4) is 0 Å². The maximum absolute atomic E-state index is 10.4. The number of phenolic OH excluding ortho intramolecular Hbond substituents is 1. The van der Waals surface area contributed by atoms with E-state index in [1.54, 1.807) is 23.6 Å². The number of fused-ring (bicyclic) bond motifs is 3. The minimum atomic E-state index is -0.521. The number of hydrogen-bond donors (Lipinski definition) is 2. The summed E-state index contributed by atoms with van der Waals surface area (Å²) in [5.74, 6) is 0.188. The predicted octanol–water partition coefficient (Wildman–Crippen LogP) is 6.31. The number of phenols is 1. The maximum Gasteiger partial charge on any atom is 0.142 e. The first kappa shape index (κ1) is 16.2. The first-order valence-electron chi connectivity index (χ1n) is 8.02. The monoisotopic (exact) mass is 363 g/mol. The lowest BCUT2D eigenvalue weighted by Crippen LogP contribution is -2.15. The summed E-state index contributed by atoms with van der Waals surface area (Å²) < 4.78 is 1.66. The van der Waals surface area contributed by atoms with Gasteiger partial charge in [0.25, 0.3) is 0 Å². The van der Waals surface area contributed by atoms with Gasteiger partial charge in [0.05, 0.1) is 9.45 Å². The van der Waals surface area contributed by atoms with Crippen molar-refractivity contribution in [1.82, 2.24) is 0 Å². The fourth-order valence-corrected chi connectivity index (χ4v) is 4.33. The molecule has 0 radical (unpaired) electrons. The van der Waals surface area contributed by atoms with Crippen molar-refractivity contribution in [3.63, 3.8) is 0 Å². The molecule has 0 aliphatic heterocycles. The van der Waals surface area contributed by atoms with E-state index in [0.717, 1.165) is 15.6 Å². The summed E-state index contributed by atoms with van der Waals surface area (Å²) in [5.41, 5.74) is 1.67. The molecule has 124 valence electrons. The summed E-state index contributed by atoms with van der Waals surface area (Å²) in [7, 11) is 0. The Morgan fingerprint density at radius 1 is 0.960 bits per heavy atom. The van der Waals surface area contributed by atoms with Crippen LogP contribution in [-0.4, -0.2) is 11.3 Å². The standard InChI is InChI=1S/C21H17NOS2/c1-21(24,14-7-3-2-4-8-14)13-22-19-17(23)12-11-16-15-9-5-6-10-18(15)25-20(16)19/h2-13,23-24H,1H3. The van der Waals surface area contributed by atoms with E-state index in [0.29, 0.717) is 5.69 Å². The van der Waals surface area contributed by atoms with Gasteiger partial charge in [-0.2, -0.15) is 12.6 Å². The maximum atomic E-state index is 10.4. The second kappa shape index (κ2) is 6.21. The fourth-order valence-electron chi connectivity index (χ4n) is 2.93. The molecule has 0 aliphatic rings. The molecule has 1 N–H and O–H groups in total. The molecule has 1 atom stereocenters. The number of hydrogen-bond acceptors (Lipinski definition) is 4. The van der Waals surface area contributed by atoms with Gasteiger partial charge in [-0.25, -0.2) is 0 Å². The van der Waals surface area contributed by atoms with Gasteiger partial charge in [-0.15, -0.1) is 11.3 Å². The summed E-state index contributed by atoms with van der Waals surface area (Å²) in [6, 6.07) is 21.9. The highest BCUT2D eigenvalue weighted by atomic mass is 32.1. The number of thiol groups is 1. The van der Waals surface area contributed by atoms with Crippen LogP contribution in [0.2, 0.25) is 0 Å². The third kappa shape index (κ3) is 2.92. The number of aliphatic imine (C=N–C) groups is 1. The Morgan fingerprint density at radius 3 is 2.48 bits per heavy atom. The zero-order valence-corrected chi connectivity index (χ0v) is 15.4. The highest BCUT2D eigenvalue weighted by Gasteiger charge is 2.20. The summed E-state index contributed by atoms with van der Waals surface area (Å²) in [4.78, 5) is 4.64. The molecule has 0 spiro atoms. The molecule has 0 fully saturated rings. The molecule has 4 aromatic rings. The predicted molar refractivity (Wildman–Crippen MR) is 112 cm³/mol. The zero-order chi connectivity index (χ0) is 17.4. The van der Waals surface area contributed by atoms with Crippen molar-refractivity contribution in [2.45, 2.75) is 11.7 Å². The molecule has 1 aromatic heterocycles. The Bertz CT molecular complexity index is 1080. The lowest BCUT2D eigenvalue weighted by Gasteiger charge is -2.18. The van der Waals surface area contributed by atoms with Gasteiger partial charge in [0, 0.05) is 21.7 Å². The van der Waals surface area contributed by atoms with Crippen molar-refractivity contribution in [2.24, 2.45) is 4.99 Å². The third-order valence-corrected chi connectivity index (χ3v) is 5.87. The fraction of sp³-hybridized carbons (Fsp3) is 0.0952. The number of benzene rings is 3. The Hall–Kier alpha value is -2.30. The molecule has 0 saturated heterocycles. The molecule has 4 rings (SSSR count). The van der Waals surface area contributed by atoms with Crippen LogP contribution in [0.25, 0.3) is 20.2 Å². The molecule has 1 heterocycles. The van der Waals surface area contributed by atoms with E-state index >= 15 is 0 Å². The van der Waals surface area contributed by atoms with Crippen LogP contribution < -0.4 is 0 Å². The average molecular weight is 364 g/mol. The highest BCUT2D eigenvalue weighted by Crippen LogP contribution is 2.44. The summed E-state index contributed by atoms with van der Waals surface area (Å²) in [6.07, 6.45) is 1.80. The highest BCUT2D eigenvalue weighted by molar-refractivity contribution is 7.82. The van der Waals surface area contributed by atoms with E-state index < -0.39 is 4.75 Å². The van der Waals surface area contributed by atoms with Crippen molar-refractivity contribution in [2.75, 3.05) is 0 Å². The van der Waals surface area contributed by atoms with Crippen LogP contribution >= 0.6 is 24.0 Å². The number of aromatic hydroxyl groups is 1. The second-order valence-electron chi connectivity index (χ2n) is 6.18. The van der Waals surface area contributed by atoms with Gasteiger partial charge in [0.2, 0.25) is 0 Å². The van der Waals surface area contributed by atoms with E-state index in [2.05, 4.69) is 17.1 Å². The van der Waals surface area contributed by atoms with Gasteiger partial charge in [-0.3, -0.25) is 4.99 Å². The third-order valence-electron chi connectivity index (χ3n) is 4.30. The lowest BCUT2D eigenvalue weighted by atomic mass is 10.0. The zero-order valence-electron chi connectivity index (χ0n) is 13.7. The van der Waals surface area contributed by atoms with Crippen molar-refractivity contribution in [1.29, 1.82) is 0 Å². The van der Waals surface area contributed by atoms with Crippen LogP contribution in [0.5, 0.6) is 5.75 Å². The summed E-state index contributed by atoms with van der Waals surface area (Å²) in [6.45, 7) is 2.00. The molecule has 0 saturated carbocycles. The van der Waals surface area contributed by atoms with Gasteiger partial charge in [0.1, 0.15) is 11.4 Å². The average Bonchev–Trinajstić information content (AvgIpc) is 3.00. The van der Waals surface area contributed by atoms with Crippen molar-refractivity contribution in [3.05, 3.63) is 72.3 Å². The van der Waals surface area contributed by atoms with Gasteiger partial charge in [-0.05, 0) is 30.7 Å². The topological polar surface area (TPSA) is 32.6 Å². The smallest absolute Gasteiger partial charge is 0.142 e. The van der Waals surface area contributed by atoms with Crippen LogP contribution in [0.4, 0.5) is 5.69 Å². The number of thiophene rings is 1. The molecular weight excluding hydrogens is 346 g/mol.